The van der Waals surface area contributed by atoms with Crippen LogP contribution in [-0.4, -0.2) is 39.0 Å². The van der Waals surface area contributed by atoms with Crippen molar-refractivity contribution in [1.29, 1.82) is 0 Å². The highest BCUT2D eigenvalue weighted by Crippen LogP contribution is 2.20. The van der Waals surface area contributed by atoms with E-state index >= 15 is 0 Å². The number of rotatable bonds is 8. The summed E-state index contributed by atoms with van der Waals surface area (Å²) >= 11 is 1.53. The third kappa shape index (κ3) is 4.34. The molecule has 3 N–H and O–H groups in total. The van der Waals surface area contributed by atoms with Crippen LogP contribution in [-0.2, 0) is 11.2 Å². The maximum absolute atomic E-state index is 13.6. The Morgan fingerprint density at radius 3 is 2.78 bits per heavy atom. The standard InChI is InChI=1S/C23H23FN4O3S/c1-32-11-9-20(28-22(30)16-4-2-3-5-19(16)27-23(28)31)21(29)25-10-8-14-13-26-18-7-6-15(24)12-17(14)18/h2-7,12-13,20,26H,8-11H2,1H3,(H,25,29)(H,27,31). The van der Waals surface area contributed by atoms with Gasteiger partial charge in [-0.1, -0.05) is 12.1 Å². The van der Waals surface area contributed by atoms with E-state index in [2.05, 4.69) is 15.3 Å². The van der Waals surface area contributed by atoms with Crippen molar-refractivity contribution in [3.63, 3.8) is 0 Å². The summed E-state index contributed by atoms with van der Waals surface area (Å²) in [5.41, 5.74) is 1.04. The number of aromatic nitrogens is 3. The van der Waals surface area contributed by atoms with E-state index in [9.17, 15) is 18.8 Å². The minimum atomic E-state index is -0.927. The van der Waals surface area contributed by atoms with Crippen LogP contribution in [0.1, 0.15) is 18.0 Å². The molecule has 0 bridgehead atoms. The van der Waals surface area contributed by atoms with Crippen LogP contribution in [0.5, 0.6) is 0 Å². The number of hydrogen-bond donors (Lipinski definition) is 3. The monoisotopic (exact) mass is 454 g/mol. The maximum atomic E-state index is 13.6. The zero-order valence-corrected chi connectivity index (χ0v) is 18.3. The van der Waals surface area contributed by atoms with E-state index in [1.165, 1.54) is 23.9 Å². The molecule has 0 radical (unpaired) electrons. The Kier molecular flexibility index (Phi) is 6.45. The fourth-order valence-electron chi connectivity index (χ4n) is 3.86. The molecule has 0 aliphatic rings. The van der Waals surface area contributed by atoms with Gasteiger partial charge in [-0.15, -0.1) is 0 Å². The molecular weight excluding hydrogens is 431 g/mol. The molecule has 1 atom stereocenters. The highest BCUT2D eigenvalue weighted by atomic mass is 32.2. The van der Waals surface area contributed by atoms with E-state index in [-0.39, 0.29) is 12.4 Å². The first-order chi connectivity index (χ1) is 15.5. The maximum Gasteiger partial charge on any atom is 0.329 e. The van der Waals surface area contributed by atoms with E-state index in [0.29, 0.717) is 29.5 Å². The molecule has 0 spiro atoms. The summed E-state index contributed by atoms with van der Waals surface area (Å²) in [5, 5.41) is 3.96. The zero-order valence-electron chi connectivity index (χ0n) is 17.5. The number of thioether (sulfide) groups is 1. The van der Waals surface area contributed by atoms with Crippen molar-refractivity contribution in [2.24, 2.45) is 0 Å². The molecule has 0 aliphatic heterocycles. The van der Waals surface area contributed by atoms with Crippen LogP contribution in [0.2, 0.25) is 0 Å². The summed E-state index contributed by atoms with van der Waals surface area (Å²) in [6, 6.07) is 10.3. The van der Waals surface area contributed by atoms with Gasteiger partial charge >= 0.3 is 5.69 Å². The predicted octanol–water partition coefficient (Wildman–Crippen LogP) is 2.96. The van der Waals surface area contributed by atoms with Gasteiger partial charge in [-0.05, 0) is 60.7 Å². The van der Waals surface area contributed by atoms with Crippen LogP contribution in [0.3, 0.4) is 0 Å². The topological polar surface area (TPSA) is 99.8 Å². The van der Waals surface area contributed by atoms with E-state index in [1.54, 1.807) is 36.5 Å². The largest absolute Gasteiger partial charge is 0.361 e. The molecule has 166 valence electrons. The Morgan fingerprint density at radius 1 is 1.16 bits per heavy atom. The highest BCUT2D eigenvalue weighted by molar-refractivity contribution is 7.98. The molecule has 2 aromatic carbocycles. The molecule has 0 aliphatic carbocycles. The summed E-state index contributed by atoms with van der Waals surface area (Å²) in [5.74, 6) is -0.110. The van der Waals surface area contributed by atoms with E-state index < -0.39 is 23.2 Å². The lowest BCUT2D eigenvalue weighted by Gasteiger charge is -2.18. The fraction of sp³-hybridized carbons (Fsp3) is 0.261. The minimum Gasteiger partial charge on any atom is -0.361 e. The second kappa shape index (κ2) is 9.44. The Hall–Kier alpha value is -3.33. The van der Waals surface area contributed by atoms with Crippen LogP contribution in [0.4, 0.5) is 4.39 Å². The van der Waals surface area contributed by atoms with Gasteiger partial charge < -0.3 is 15.3 Å². The predicted molar refractivity (Wildman–Crippen MR) is 126 cm³/mol. The van der Waals surface area contributed by atoms with Crippen molar-refractivity contribution in [2.75, 3.05) is 18.6 Å². The van der Waals surface area contributed by atoms with Gasteiger partial charge in [-0.3, -0.25) is 9.59 Å². The summed E-state index contributed by atoms with van der Waals surface area (Å²) in [7, 11) is 0. The number of para-hydroxylation sites is 1. The van der Waals surface area contributed by atoms with Gasteiger partial charge in [0, 0.05) is 23.6 Å². The number of hydrogen-bond acceptors (Lipinski definition) is 4. The van der Waals surface area contributed by atoms with Gasteiger partial charge in [0.15, 0.2) is 0 Å². The molecule has 0 fully saturated rings. The number of H-pyrrole nitrogens is 2. The zero-order chi connectivity index (χ0) is 22.7. The molecule has 4 rings (SSSR count). The summed E-state index contributed by atoms with van der Waals surface area (Å²) in [4.78, 5) is 44.5. The number of carbonyl (C=O) groups excluding carboxylic acids is 1. The van der Waals surface area contributed by atoms with Crippen LogP contribution >= 0.6 is 11.8 Å². The number of aromatic amines is 2. The normalized spacial score (nSPS) is 12.3. The Balaban J connectivity index is 1.56. The molecule has 32 heavy (non-hydrogen) atoms. The number of fused-ring (bicyclic) bond motifs is 2. The molecule has 9 heteroatoms. The first-order valence-corrected chi connectivity index (χ1v) is 11.6. The fourth-order valence-corrected chi connectivity index (χ4v) is 4.32. The molecule has 4 aromatic rings. The molecule has 0 saturated heterocycles. The molecule has 7 nitrogen and oxygen atoms in total. The van der Waals surface area contributed by atoms with Crippen molar-refractivity contribution in [2.45, 2.75) is 18.9 Å². The van der Waals surface area contributed by atoms with E-state index in [0.717, 1.165) is 21.0 Å². The smallest absolute Gasteiger partial charge is 0.329 e. The quantitative estimate of drug-likeness (QED) is 0.381. The highest BCUT2D eigenvalue weighted by Gasteiger charge is 2.24. The molecule has 1 unspecified atom stereocenters. The Morgan fingerprint density at radius 2 is 1.97 bits per heavy atom. The number of carbonyl (C=O) groups is 1. The number of nitrogens with zero attached hydrogens (tertiary/aromatic N) is 1. The first-order valence-electron chi connectivity index (χ1n) is 10.3. The molecule has 2 aromatic heterocycles. The van der Waals surface area contributed by atoms with E-state index in [1.807, 2.05) is 6.26 Å². The molecule has 0 saturated carbocycles. The number of amides is 1. The molecular formula is C23H23FN4O3S. The van der Waals surface area contributed by atoms with Gasteiger partial charge in [0.2, 0.25) is 5.91 Å². The molecule has 2 heterocycles. The number of benzene rings is 2. The van der Waals surface area contributed by atoms with Gasteiger partial charge in [0.25, 0.3) is 5.56 Å². The van der Waals surface area contributed by atoms with Crippen molar-refractivity contribution in [1.82, 2.24) is 19.9 Å². The third-order valence-electron chi connectivity index (χ3n) is 5.47. The second-order valence-electron chi connectivity index (χ2n) is 7.49. The lowest BCUT2D eigenvalue weighted by atomic mass is 10.1. The Labute approximate surface area is 187 Å². The summed E-state index contributed by atoms with van der Waals surface area (Å²) in [6.07, 6.45) is 4.51. The van der Waals surface area contributed by atoms with Crippen molar-refractivity contribution in [3.05, 3.63) is 80.9 Å². The van der Waals surface area contributed by atoms with Gasteiger partial charge in [0.05, 0.1) is 10.9 Å². The molecule has 1 amide bonds. The van der Waals surface area contributed by atoms with Crippen molar-refractivity contribution < 1.29 is 9.18 Å². The SMILES string of the molecule is CSCCC(C(=O)NCCc1c[nH]c2ccc(F)cc12)n1c(=O)[nH]c2ccccc2c1=O. The van der Waals surface area contributed by atoms with Gasteiger partial charge in [0.1, 0.15) is 11.9 Å². The first kappa shape index (κ1) is 21.9. The third-order valence-corrected chi connectivity index (χ3v) is 6.11. The lowest BCUT2D eigenvalue weighted by molar-refractivity contribution is -0.124. The lowest BCUT2D eigenvalue weighted by Crippen LogP contribution is -2.45. The van der Waals surface area contributed by atoms with Crippen LogP contribution in [0.15, 0.2) is 58.3 Å². The van der Waals surface area contributed by atoms with E-state index in [4.69, 9.17) is 0 Å². The van der Waals surface area contributed by atoms with Crippen LogP contribution in [0, 0.1) is 5.82 Å². The average Bonchev–Trinajstić information content (AvgIpc) is 3.18. The van der Waals surface area contributed by atoms with Gasteiger partial charge in [-0.25, -0.2) is 13.8 Å². The average molecular weight is 455 g/mol. The Bertz CT molecular complexity index is 1390. The number of halogens is 1. The minimum absolute atomic E-state index is 0.290. The summed E-state index contributed by atoms with van der Waals surface area (Å²) < 4.78 is 14.6. The van der Waals surface area contributed by atoms with Crippen LogP contribution < -0.4 is 16.6 Å². The second-order valence-corrected chi connectivity index (χ2v) is 8.48. The number of nitrogens with one attached hydrogen (secondary N) is 3. The van der Waals surface area contributed by atoms with Crippen molar-refractivity contribution in [3.8, 4) is 0 Å². The summed E-state index contributed by atoms with van der Waals surface area (Å²) in [6.45, 7) is 0.290. The van der Waals surface area contributed by atoms with Gasteiger partial charge in [-0.2, -0.15) is 11.8 Å². The van der Waals surface area contributed by atoms with Crippen LogP contribution in [0.25, 0.3) is 21.8 Å². The van der Waals surface area contributed by atoms with Crippen molar-refractivity contribution >= 4 is 39.5 Å².